The van der Waals surface area contributed by atoms with Crippen molar-refractivity contribution < 1.29 is 26.3 Å². The molecule has 0 radical (unpaired) electrons. The van der Waals surface area contributed by atoms with Crippen molar-refractivity contribution >= 4 is 22.5 Å². The molecule has 0 N–H and O–H groups in total. The summed E-state index contributed by atoms with van der Waals surface area (Å²) in [5, 5.41) is -0.873. The Labute approximate surface area is 113 Å². The molecule has 0 fully saturated rings. The van der Waals surface area contributed by atoms with Crippen LogP contribution in [0.1, 0.15) is 11.4 Å². The highest BCUT2D eigenvalue weighted by Crippen LogP contribution is 2.33. The maximum absolute atomic E-state index is 12.5. The average Bonchev–Trinajstić information content (AvgIpc) is 2.25. The summed E-state index contributed by atoms with van der Waals surface area (Å²) in [6, 6.07) is 3.46. The van der Waals surface area contributed by atoms with E-state index in [1.165, 1.54) is 6.07 Å². The molecule has 0 bridgehead atoms. The zero-order valence-electron chi connectivity index (χ0n) is 9.48. The van der Waals surface area contributed by atoms with Crippen LogP contribution in [-0.2, 0) is 12.6 Å². The molecule has 0 aliphatic heterocycles. The normalized spacial score (nSPS) is 12.9. The number of halogens is 7. The van der Waals surface area contributed by atoms with Crippen molar-refractivity contribution in [3.05, 3.63) is 34.7 Å². The van der Waals surface area contributed by atoms with Gasteiger partial charge in [-0.2, -0.15) is 26.3 Å². The molecule has 9 heteroatoms. The highest BCUT2D eigenvalue weighted by Gasteiger charge is 2.36. The average molecular weight is 315 g/mol. The van der Waals surface area contributed by atoms with Crippen LogP contribution in [0.4, 0.5) is 26.3 Å². The second-order valence-corrected chi connectivity index (χ2v) is 4.30. The van der Waals surface area contributed by atoms with E-state index in [0.717, 1.165) is 12.1 Å². The van der Waals surface area contributed by atoms with Crippen LogP contribution in [0, 0.1) is 0 Å². The first-order valence-electron chi connectivity index (χ1n) is 5.17. The molecule has 2 aromatic rings. The van der Waals surface area contributed by atoms with Gasteiger partial charge < -0.3 is 0 Å². The molecule has 1 aromatic heterocycles. The Balaban J connectivity index is 2.65. The SMILES string of the molecule is FC(F)(F)Cc1cccc2nc(C(F)(F)F)nc(Cl)c12. The molecule has 0 spiro atoms. The van der Waals surface area contributed by atoms with Crippen molar-refractivity contribution in [1.82, 2.24) is 9.97 Å². The van der Waals surface area contributed by atoms with Crippen molar-refractivity contribution in [2.75, 3.05) is 0 Å². The van der Waals surface area contributed by atoms with E-state index in [2.05, 4.69) is 9.97 Å². The number of aromatic nitrogens is 2. The molecule has 1 aromatic carbocycles. The second kappa shape index (κ2) is 4.76. The lowest BCUT2D eigenvalue weighted by Gasteiger charge is -2.12. The van der Waals surface area contributed by atoms with Crippen LogP contribution < -0.4 is 0 Å². The first-order chi connectivity index (χ1) is 9.08. The predicted octanol–water partition coefficient (Wildman–Crippen LogP) is 4.41. The van der Waals surface area contributed by atoms with E-state index < -0.39 is 29.8 Å². The molecular formula is C11H5ClF6N2. The van der Waals surface area contributed by atoms with Gasteiger partial charge >= 0.3 is 12.4 Å². The maximum Gasteiger partial charge on any atom is 0.451 e. The van der Waals surface area contributed by atoms with Crippen LogP contribution in [-0.4, -0.2) is 16.1 Å². The summed E-state index contributed by atoms with van der Waals surface area (Å²) in [6.07, 6.45) is -10.7. The Morgan fingerprint density at radius 3 is 2.20 bits per heavy atom. The van der Waals surface area contributed by atoms with Gasteiger partial charge in [-0.15, -0.1) is 0 Å². The van der Waals surface area contributed by atoms with Gasteiger partial charge in [-0.05, 0) is 11.6 Å². The third-order valence-electron chi connectivity index (χ3n) is 2.41. The molecule has 108 valence electrons. The van der Waals surface area contributed by atoms with Crippen LogP contribution in [0.15, 0.2) is 18.2 Å². The van der Waals surface area contributed by atoms with Crippen molar-refractivity contribution in [3.8, 4) is 0 Å². The molecule has 0 saturated carbocycles. The van der Waals surface area contributed by atoms with Crippen LogP contribution in [0.3, 0.4) is 0 Å². The minimum absolute atomic E-state index is 0.223. The molecule has 2 rings (SSSR count). The van der Waals surface area contributed by atoms with E-state index in [4.69, 9.17) is 11.6 Å². The van der Waals surface area contributed by atoms with E-state index in [0.29, 0.717) is 0 Å². The largest absolute Gasteiger partial charge is 0.451 e. The van der Waals surface area contributed by atoms with Gasteiger partial charge in [0.25, 0.3) is 0 Å². The van der Waals surface area contributed by atoms with E-state index in [-0.39, 0.29) is 16.5 Å². The molecule has 0 saturated heterocycles. The molecule has 0 unspecified atom stereocenters. The molecule has 20 heavy (non-hydrogen) atoms. The summed E-state index contributed by atoms with van der Waals surface area (Å²) in [5.41, 5.74) is -0.548. The Kier molecular flexibility index (Phi) is 3.53. The third kappa shape index (κ3) is 3.12. The number of fused-ring (bicyclic) bond motifs is 1. The third-order valence-corrected chi connectivity index (χ3v) is 2.68. The number of hydrogen-bond acceptors (Lipinski definition) is 2. The Morgan fingerprint density at radius 1 is 1.00 bits per heavy atom. The first-order valence-corrected chi connectivity index (χ1v) is 5.55. The summed E-state index contributed by atoms with van der Waals surface area (Å²) < 4.78 is 74.7. The summed E-state index contributed by atoms with van der Waals surface area (Å²) >= 11 is 5.58. The van der Waals surface area contributed by atoms with E-state index in [1.54, 1.807) is 0 Å². The van der Waals surface area contributed by atoms with Crippen molar-refractivity contribution in [3.63, 3.8) is 0 Å². The zero-order chi connectivity index (χ0) is 15.1. The topological polar surface area (TPSA) is 25.8 Å². The lowest BCUT2D eigenvalue weighted by Crippen LogP contribution is -2.14. The fourth-order valence-electron chi connectivity index (χ4n) is 1.70. The van der Waals surface area contributed by atoms with Gasteiger partial charge in [0.05, 0.1) is 11.9 Å². The molecular weight excluding hydrogens is 310 g/mol. The highest BCUT2D eigenvalue weighted by atomic mass is 35.5. The Morgan fingerprint density at radius 2 is 1.65 bits per heavy atom. The van der Waals surface area contributed by atoms with E-state index in [9.17, 15) is 26.3 Å². The van der Waals surface area contributed by atoms with E-state index >= 15 is 0 Å². The minimum Gasteiger partial charge on any atom is -0.224 e. The number of rotatable bonds is 1. The predicted molar refractivity (Wildman–Crippen MR) is 59.3 cm³/mol. The quantitative estimate of drug-likeness (QED) is 0.575. The first kappa shape index (κ1) is 14.8. The number of nitrogens with zero attached hydrogens (tertiary/aromatic N) is 2. The maximum atomic E-state index is 12.5. The van der Waals surface area contributed by atoms with Gasteiger partial charge in [-0.3, -0.25) is 0 Å². The van der Waals surface area contributed by atoms with E-state index in [1.807, 2.05) is 0 Å². The standard InChI is InChI=1S/C11H5ClF6N2/c12-8-7-5(4-10(13,14)15)2-1-3-6(7)19-9(20-8)11(16,17)18/h1-3H,4H2. The highest BCUT2D eigenvalue weighted by molar-refractivity contribution is 6.34. The minimum atomic E-state index is -4.82. The van der Waals surface area contributed by atoms with Gasteiger partial charge in [-0.25, -0.2) is 9.97 Å². The summed E-state index contributed by atoms with van der Waals surface area (Å²) in [7, 11) is 0. The Hall–Kier alpha value is -1.57. The van der Waals surface area contributed by atoms with Gasteiger partial charge in [0.15, 0.2) is 0 Å². The monoisotopic (exact) mass is 314 g/mol. The fourth-order valence-corrected chi connectivity index (χ4v) is 1.99. The van der Waals surface area contributed by atoms with Crippen molar-refractivity contribution in [2.45, 2.75) is 18.8 Å². The van der Waals surface area contributed by atoms with Gasteiger partial charge in [-0.1, -0.05) is 23.7 Å². The fraction of sp³-hybridized carbons (Fsp3) is 0.273. The molecule has 1 heterocycles. The Bertz CT molecular complexity index is 650. The zero-order valence-corrected chi connectivity index (χ0v) is 10.2. The van der Waals surface area contributed by atoms with Crippen LogP contribution in [0.5, 0.6) is 0 Å². The molecule has 0 atom stereocenters. The summed E-state index contributed by atoms with van der Waals surface area (Å²) in [6.45, 7) is 0. The van der Waals surface area contributed by atoms with Crippen molar-refractivity contribution in [2.24, 2.45) is 0 Å². The van der Waals surface area contributed by atoms with Crippen molar-refractivity contribution in [1.29, 1.82) is 0 Å². The van der Waals surface area contributed by atoms with Gasteiger partial charge in [0, 0.05) is 5.39 Å². The number of alkyl halides is 6. The lowest BCUT2D eigenvalue weighted by molar-refractivity contribution is -0.144. The smallest absolute Gasteiger partial charge is 0.224 e. The molecule has 0 aliphatic rings. The molecule has 0 aliphatic carbocycles. The van der Waals surface area contributed by atoms with Gasteiger partial charge in [0.2, 0.25) is 5.82 Å². The number of benzene rings is 1. The summed E-state index contributed by atoms with van der Waals surface area (Å²) in [5.74, 6) is -1.49. The summed E-state index contributed by atoms with van der Waals surface area (Å²) in [4.78, 5) is 6.24. The molecule has 0 amide bonds. The van der Waals surface area contributed by atoms with Crippen LogP contribution in [0.25, 0.3) is 10.9 Å². The van der Waals surface area contributed by atoms with Crippen LogP contribution in [0.2, 0.25) is 5.15 Å². The molecule has 2 nitrogen and oxygen atoms in total. The van der Waals surface area contributed by atoms with Gasteiger partial charge in [0.1, 0.15) is 5.15 Å². The lowest BCUT2D eigenvalue weighted by atomic mass is 10.1. The second-order valence-electron chi connectivity index (χ2n) is 3.94. The number of hydrogen-bond donors (Lipinski definition) is 0. The van der Waals surface area contributed by atoms with Crippen LogP contribution >= 0.6 is 11.6 Å².